The number of amides is 2. The summed E-state index contributed by atoms with van der Waals surface area (Å²) in [5, 5.41) is 3.84. The summed E-state index contributed by atoms with van der Waals surface area (Å²) in [7, 11) is 0. The molecule has 2 amide bonds. The van der Waals surface area contributed by atoms with Crippen molar-refractivity contribution in [2.45, 2.75) is 19.1 Å². The number of nitrogens with zero attached hydrogens (tertiary/aromatic N) is 1. The first-order valence-electron chi connectivity index (χ1n) is 8.30. The van der Waals surface area contributed by atoms with E-state index in [0.717, 1.165) is 5.56 Å². The fraction of sp³-hybridized carbons (Fsp3) is 0.263. The summed E-state index contributed by atoms with van der Waals surface area (Å²) in [6.45, 7) is 2.16. The summed E-state index contributed by atoms with van der Waals surface area (Å²) in [6, 6.07) is 14.5. The van der Waals surface area contributed by atoms with E-state index in [1.807, 2.05) is 31.2 Å². The van der Waals surface area contributed by atoms with Crippen molar-refractivity contribution in [1.29, 1.82) is 0 Å². The average Bonchev–Trinajstić information content (AvgIpc) is 2.64. The molecule has 2 aromatic rings. The van der Waals surface area contributed by atoms with Gasteiger partial charge in [0.15, 0.2) is 6.10 Å². The molecule has 0 aliphatic carbocycles. The van der Waals surface area contributed by atoms with Crippen molar-refractivity contribution in [3.05, 3.63) is 59.1 Å². The zero-order chi connectivity index (χ0) is 18.7. The van der Waals surface area contributed by atoms with Crippen molar-refractivity contribution in [2.75, 3.05) is 18.0 Å². The predicted molar refractivity (Wildman–Crippen MR) is 100 cm³/mol. The largest absolute Gasteiger partial charge is 0.477 e. The highest BCUT2D eigenvalue weighted by Gasteiger charge is 2.32. The highest BCUT2D eigenvalue weighted by molar-refractivity contribution is 6.30. The normalized spacial score (nSPS) is 17.2. The molecule has 2 atom stereocenters. The number of ether oxygens (including phenoxy) is 1. The fourth-order valence-corrected chi connectivity index (χ4v) is 3.05. The van der Waals surface area contributed by atoms with Crippen LogP contribution in [-0.4, -0.2) is 31.0 Å². The number of primary amides is 1. The topological polar surface area (TPSA) is 84.7 Å². The van der Waals surface area contributed by atoms with Crippen LogP contribution in [0.3, 0.4) is 0 Å². The number of hydrogen-bond acceptors (Lipinski definition) is 4. The Morgan fingerprint density at radius 3 is 2.81 bits per heavy atom. The van der Waals surface area contributed by atoms with Crippen LogP contribution >= 0.6 is 11.6 Å². The van der Waals surface area contributed by atoms with Crippen LogP contribution in [0.15, 0.2) is 48.5 Å². The Labute approximate surface area is 156 Å². The van der Waals surface area contributed by atoms with Crippen LogP contribution in [0.5, 0.6) is 5.75 Å². The number of carbonyl (C=O) groups excluding carboxylic acids is 2. The smallest absolute Gasteiger partial charge is 0.260 e. The third-order valence-corrected chi connectivity index (χ3v) is 4.54. The molecule has 0 bridgehead atoms. The lowest BCUT2D eigenvalue weighted by molar-refractivity contribution is -0.125. The summed E-state index contributed by atoms with van der Waals surface area (Å²) in [5.74, 6) is -0.294. The first-order valence-corrected chi connectivity index (χ1v) is 8.67. The minimum Gasteiger partial charge on any atom is -0.477 e. The number of rotatable bonds is 5. The molecule has 0 saturated heterocycles. The van der Waals surface area contributed by atoms with Gasteiger partial charge in [0.2, 0.25) is 5.91 Å². The van der Waals surface area contributed by atoms with Crippen LogP contribution in [0.4, 0.5) is 5.69 Å². The Morgan fingerprint density at radius 2 is 2.08 bits per heavy atom. The Kier molecular flexibility index (Phi) is 5.44. The van der Waals surface area contributed by atoms with E-state index < -0.39 is 12.0 Å². The van der Waals surface area contributed by atoms with Gasteiger partial charge in [0.1, 0.15) is 5.75 Å². The van der Waals surface area contributed by atoms with Crippen molar-refractivity contribution in [2.24, 2.45) is 5.73 Å². The van der Waals surface area contributed by atoms with Gasteiger partial charge >= 0.3 is 0 Å². The van der Waals surface area contributed by atoms with Crippen LogP contribution in [0, 0.1) is 0 Å². The van der Waals surface area contributed by atoms with Gasteiger partial charge in [-0.1, -0.05) is 35.9 Å². The van der Waals surface area contributed by atoms with Crippen molar-refractivity contribution < 1.29 is 14.3 Å². The lowest BCUT2D eigenvalue weighted by Crippen LogP contribution is -2.51. The maximum Gasteiger partial charge on any atom is 0.260 e. The summed E-state index contributed by atoms with van der Waals surface area (Å²) in [4.78, 5) is 25.8. The summed E-state index contributed by atoms with van der Waals surface area (Å²) in [5.41, 5.74) is 6.99. The van der Waals surface area contributed by atoms with E-state index in [1.165, 1.54) is 4.90 Å². The van der Waals surface area contributed by atoms with Crippen LogP contribution in [0.25, 0.3) is 0 Å². The molecule has 6 nitrogen and oxygen atoms in total. The van der Waals surface area contributed by atoms with E-state index in [-0.39, 0.29) is 25.0 Å². The third kappa shape index (κ3) is 3.98. The van der Waals surface area contributed by atoms with Crippen LogP contribution < -0.4 is 20.7 Å². The van der Waals surface area contributed by atoms with E-state index in [1.54, 1.807) is 24.3 Å². The van der Waals surface area contributed by atoms with E-state index in [9.17, 15) is 9.59 Å². The summed E-state index contributed by atoms with van der Waals surface area (Å²) in [6.07, 6.45) is -0.862. The Bertz CT molecular complexity index is 827. The SMILES string of the molecule is C[C@H](NCC(=O)N1C[C@H](C(N)=O)Oc2ccccc21)c1cccc(Cl)c1. The molecule has 3 rings (SSSR count). The Morgan fingerprint density at radius 1 is 1.31 bits per heavy atom. The molecule has 3 N–H and O–H groups in total. The average molecular weight is 374 g/mol. The number of hydrogen-bond donors (Lipinski definition) is 2. The quantitative estimate of drug-likeness (QED) is 0.842. The number of halogens is 1. The molecule has 0 saturated carbocycles. The molecule has 0 aromatic heterocycles. The number of para-hydroxylation sites is 2. The van der Waals surface area contributed by atoms with E-state index in [0.29, 0.717) is 16.5 Å². The second kappa shape index (κ2) is 7.76. The van der Waals surface area contributed by atoms with Gasteiger partial charge in [0, 0.05) is 11.1 Å². The van der Waals surface area contributed by atoms with E-state index in [2.05, 4.69) is 5.32 Å². The molecule has 136 valence electrons. The molecule has 26 heavy (non-hydrogen) atoms. The molecule has 2 aromatic carbocycles. The van der Waals surface area contributed by atoms with Gasteiger partial charge in [-0.25, -0.2) is 0 Å². The fourth-order valence-electron chi connectivity index (χ4n) is 2.85. The third-order valence-electron chi connectivity index (χ3n) is 4.30. The first kappa shape index (κ1) is 18.2. The van der Waals surface area contributed by atoms with Gasteiger partial charge in [-0.15, -0.1) is 0 Å². The maximum atomic E-state index is 12.8. The van der Waals surface area contributed by atoms with Gasteiger partial charge in [0.25, 0.3) is 5.91 Å². The number of nitrogens with two attached hydrogens (primary N) is 1. The number of fused-ring (bicyclic) bond motifs is 1. The molecule has 0 spiro atoms. The number of benzene rings is 2. The minimum absolute atomic E-state index is 0.0547. The van der Waals surface area contributed by atoms with Crippen molar-refractivity contribution in [3.8, 4) is 5.75 Å². The van der Waals surface area contributed by atoms with Gasteiger partial charge < -0.3 is 20.7 Å². The highest BCUT2D eigenvalue weighted by atomic mass is 35.5. The Balaban J connectivity index is 1.71. The number of anilines is 1. The standard InChI is InChI=1S/C19H20ClN3O3/c1-12(13-5-4-6-14(20)9-13)22-10-18(24)23-11-17(19(21)25)26-16-8-3-2-7-15(16)23/h2-9,12,17,22H,10-11H2,1H3,(H2,21,25)/t12-,17+/m0/s1. The molecule has 0 radical (unpaired) electrons. The summed E-state index contributed by atoms with van der Waals surface area (Å²) >= 11 is 6.01. The van der Waals surface area contributed by atoms with Gasteiger partial charge in [-0.2, -0.15) is 0 Å². The van der Waals surface area contributed by atoms with Crippen molar-refractivity contribution in [1.82, 2.24) is 5.32 Å². The maximum absolute atomic E-state index is 12.8. The van der Waals surface area contributed by atoms with Gasteiger partial charge in [-0.3, -0.25) is 9.59 Å². The van der Waals surface area contributed by atoms with E-state index in [4.69, 9.17) is 22.1 Å². The minimum atomic E-state index is -0.862. The van der Waals surface area contributed by atoms with Crippen LogP contribution in [0.2, 0.25) is 5.02 Å². The lowest BCUT2D eigenvalue weighted by Gasteiger charge is -2.33. The van der Waals surface area contributed by atoms with Crippen LogP contribution in [0.1, 0.15) is 18.5 Å². The molecule has 1 aliphatic heterocycles. The van der Waals surface area contributed by atoms with Crippen LogP contribution in [-0.2, 0) is 9.59 Å². The molecule has 7 heteroatoms. The predicted octanol–water partition coefficient (Wildman–Crippen LogP) is 2.27. The number of carbonyl (C=O) groups is 2. The monoisotopic (exact) mass is 373 g/mol. The molecular formula is C19H20ClN3O3. The second-order valence-electron chi connectivity index (χ2n) is 6.14. The lowest BCUT2D eigenvalue weighted by atomic mass is 10.1. The summed E-state index contributed by atoms with van der Waals surface area (Å²) < 4.78 is 5.58. The van der Waals surface area contributed by atoms with Gasteiger partial charge in [-0.05, 0) is 36.8 Å². The molecule has 0 fully saturated rings. The van der Waals surface area contributed by atoms with Crippen molar-refractivity contribution in [3.63, 3.8) is 0 Å². The Hall–Kier alpha value is -2.57. The molecule has 1 heterocycles. The zero-order valence-corrected chi connectivity index (χ0v) is 15.1. The molecule has 1 aliphatic rings. The molecule has 0 unspecified atom stereocenters. The molecular weight excluding hydrogens is 354 g/mol. The number of nitrogens with one attached hydrogen (secondary N) is 1. The second-order valence-corrected chi connectivity index (χ2v) is 6.57. The highest BCUT2D eigenvalue weighted by Crippen LogP contribution is 2.33. The van der Waals surface area contributed by atoms with E-state index >= 15 is 0 Å². The first-order chi connectivity index (χ1) is 12.5. The zero-order valence-electron chi connectivity index (χ0n) is 14.3. The van der Waals surface area contributed by atoms with Crippen molar-refractivity contribution >= 4 is 29.1 Å². The van der Waals surface area contributed by atoms with Gasteiger partial charge in [0.05, 0.1) is 18.8 Å².